The largest absolute Gasteiger partial charge is 0.496 e. The predicted molar refractivity (Wildman–Crippen MR) is 84.6 cm³/mol. The first-order chi connectivity index (χ1) is 10.7. The summed E-state index contributed by atoms with van der Waals surface area (Å²) in [4.78, 5) is 11.1. The maximum Gasteiger partial charge on any atom is 0.187 e. The molecule has 1 aromatic carbocycles. The normalized spacial score (nSPS) is 14.7. The highest BCUT2D eigenvalue weighted by Crippen LogP contribution is 2.26. The number of thioether (sulfide) groups is 1. The summed E-state index contributed by atoms with van der Waals surface area (Å²) in [5.41, 5.74) is 2.84. The monoisotopic (exact) mass is 319 g/mol. The molecular formula is C16H18FN3OS. The molecule has 3 rings (SSSR count). The average molecular weight is 319 g/mol. The molecule has 0 unspecified atom stereocenters. The molecule has 0 saturated carbocycles. The van der Waals surface area contributed by atoms with Crippen molar-refractivity contribution in [1.82, 2.24) is 14.9 Å². The summed E-state index contributed by atoms with van der Waals surface area (Å²) in [5, 5.41) is 0.808. The minimum Gasteiger partial charge on any atom is -0.496 e. The number of rotatable bonds is 4. The molecule has 0 bridgehead atoms. The van der Waals surface area contributed by atoms with Gasteiger partial charge >= 0.3 is 0 Å². The number of hydrogen-bond donors (Lipinski definition) is 0. The van der Waals surface area contributed by atoms with Gasteiger partial charge in [-0.25, -0.2) is 14.4 Å². The van der Waals surface area contributed by atoms with Gasteiger partial charge in [0.05, 0.1) is 12.8 Å². The zero-order valence-corrected chi connectivity index (χ0v) is 13.5. The molecule has 2 heterocycles. The molecule has 4 nitrogen and oxygen atoms in total. The number of benzene rings is 1. The molecule has 1 aromatic heterocycles. The zero-order chi connectivity index (χ0) is 15.5. The van der Waals surface area contributed by atoms with Crippen molar-refractivity contribution in [3.63, 3.8) is 0 Å². The number of nitrogens with zero attached hydrogens (tertiary/aromatic N) is 3. The Morgan fingerprint density at radius 3 is 3.05 bits per heavy atom. The summed E-state index contributed by atoms with van der Waals surface area (Å²) >= 11 is 1.55. The minimum atomic E-state index is -0.223. The third-order valence-electron chi connectivity index (χ3n) is 3.85. The van der Waals surface area contributed by atoms with Crippen LogP contribution in [0.2, 0.25) is 0 Å². The molecule has 2 aromatic rings. The Morgan fingerprint density at radius 1 is 1.41 bits per heavy atom. The van der Waals surface area contributed by atoms with Gasteiger partial charge in [-0.1, -0.05) is 17.8 Å². The van der Waals surface area contributed by atoms with E-state index in [1.165, 1.54) is 6.07 Å². The molecule has 1 aliphatic rings. The Hall–Kier alpha value is -1.66. The van der Waals surface area contributed by atoms with Gasteiger partial charge in [-0.15, -0.1) is 0 Å². The van der Waals surface area contributed by atoms with E-state index in [0.717, 1.165) is 35.9 Å². The van der Waals surface area contributed by atoms with E-state index in [-0.39, 0.29) is 5.82 Å². The zero-order valence-electron chi connectivity index (χ0n) is 12.7. The maximum atomic E-state index is 14.1. The number of aromatic nitrogens is 2. The second-order valence-corrected chi connectivity index (χ2v) is 5.98. The molecule has 22 heavy (non-hydrogen) atoms. The maximum absolute atomic E-state index is 14.1. The lowest BCUT2D eigenvalue weighted by Gasteiger charge is -2.28. The van der Waals surface area contributed by atoms with Gasteiger partial charge in [-0.3, -0.25) is 4.90 Å². The fourth-order valence-electron chi connectivity index (χ4n) is 2.70. The fourth-order valence-corrected chi connectivity index (χ4v) is 3.06. The molecule has 0 radical (unpaired) electrons. The van der Waals surface area contributed by atoms with Crippen LogP contribution in [0.4, 0.5) is 4.39 Å². The molecule has 6 heteroatoms. The van der Waals surface area contributed by atoms with Crippen LogP contribution in [0, 0.1) is 5.82 Å². The van der Waals surface area contributed by atoms with E-state index in [0.29, 0.717) is 17.9 Å². The molecule has 1 aliphatic heterocycles. The van der Waals surface area contributed by atoms with Gasteiger partial charge in [0, 0.05) is 43.4 Å². The smallest absolute Gasteiger partial charge is 0.187 e. The van der Waals surface area contributed by atoms with Gasteiger partial charge in [-0.2, -0.15) is 0 Å². The van der Waals surface area contributed by atoms with Crippen LogP contribution in [0.1, 0.15) is 16.8 Å². The van der Waals surface area contributed by atoms with Crippen LogP contribution in [-0.4, -0.2) is 34.8 Å². The molecule has 0 aliphatic carbocycles. The quantitative estimate of drug-likeness (QED) is 0.640. The number of hydrogen-bond acceptors (Lipinski definition) is 5. The first-order valence-electron chi connectivity index (χ1n) is 7.13. The summed E-state index contributed by atoms with van der Waals surface area (Å²) in [7, 11) is 1.57. The van der Waals surface area contributed by atoms with Crippen molar-refractivity contribution in [3.8, 4) is 5.75 Å². The van der Waals surface area contributed by atoms with Gasteiger partial charge < -0.3 is 4.74 Å². The van der Waals surface area contributed by atoms with Crippen LogP contribution in [0.3, 0.4) is 0 Å². The van der Waals surface area contributed by atoms with Crippen molar-refractivity contribution in [3.05, 3.63) is 47.0 Å². The van der Waals surface area contributed by atoms with Crippen molar-refractivity contribution in [1.29, 1.82) is 0 Å². The number of ether oxygens (including phenoxy) is 1. The van der Waals surface area contributed by atoms with Crippen molar-refractivity contribution in [2.24, 2.45) is 0 Å². The van der Waals surface area contributed by atoms with Crippen LogP contribution < -0.4 is 4.74 Å². The highest BCUT2D eigenvalue weighted by atomic mass is 32.2. The van der Waals surface area contributed by atoms with E-state index in [4.69, 9.17) is 4.74 Å². The van der Waals surface area contributed by atoms with Gasteiger partial charge in [-0.05, 0) is 18.4 Å². The van der Waals surface area contributed by atoms with Gasteiger partial charge in [0.15, 0.2) is 5.16 Å². The van der Waals surface area contributed by atoms with Crippen LogP contribution >= 0.6 is 11.8 Å². The average Bonchev–Trinajstić information content (AvgIpc) is 2.56. The van der Waals surface area contributed by atoms with Crippen LogP contribution in [-0.2, 0) is 19.5 Å². The second kappa shape index (κ2) is 6.62. The number of methoxy groups -OCH3 is 1. The molecular weight excluding hydrogens is 301 g/mol. The van der Waals surface area contributed by atoms with E-state index < -0.39 is 0 Å². The Morgan fingerprint density at radius 2 is 2.27 bits per heavy atom. The molecule has 0 saturated heterocycles. The van der Waals surface area contributed by atoms with E-state index in [2.05, 4.69) is 14.9 Å². The fraction of sp³-hybridized carbons (Fsp3) is 0.375. The lowest BCUT2D eigenvalue weighted by atomic mass is 10.1. The Balaban J connectivity index is 1.78. The van der Waals surface area contributed by atoms with Gasteiger partial charge in [0.2, 0.25) is 0 Å². The van der Waals surface area contributed by atoms with Crippen LogP contribution in [0.5, 0.6) is 5.75 Å². The minimum absolute atomic E-state index is 0.223. The molecule has 0 amide bonds. The summed E-state index contributed by atoms with van der Waals surface area (Å²) in [5.74, 6) is 0.374. The second-order valence-electron chi connectivity index (χ2n) is 5.21. The Labute approximate surface area is 133 Å². The van der Waals surface area contributed by atoms with Crippen molar-refractivity contribution < 1.29 is 9.13 Å². The van der Waals surface area contributed by atoms with Crippen molar-refractivity contribution >= 4 is 11.8 Å². The van der Waals surface area contributed by atoms with Crippen LogP contribution in [0.25, 0.3) is 0 Å². The molecule has 0 fully saturated rings. The van der Waals surface area contributed by atoms with E-state index in [1.54, 1.807) is 31.0 Å². The highest BCUT2D eigenvalue weighted by molar-refractivity contribution is 7.98. The molecule has 116 valence electrons. The number of fused-ring (bicyclic) bond motifs is 1. The third kappa shape index (κ3) is 3.08. The summed E-state index contributed by atoms with van der Waals surface area (Å²) in [6.07, 6.45) is 4.72. The van der Waals surface area contributed by atoms with Gasteiger partial charge in [0.25, 0.3) is 0 Å². The molecule has 0 atom stereocenters. The Bertz CT molecular complexity index is 680. The standard InChI is InChI=1S/C16H18FN3OS/c1-21-15-5-3-4-13(17)12(15)10-20-7-6-14-11(9-20)8-18-16(19-14)22-2/h3-5,8H,6-7,9-10H2,1-2H3. The van der Waals surface area contributed by atoms with Crippen molar-refractivity contribution in [2.75, 3.05) is 19.9 Å². The first-order valence-corrected chi connectivity index (χ1v) is 8.36. The lowest BCUT2D eigenvalue weighted by Crippen LogP contribution is -2.31. The number of halogens is 1. The van der Waals surface area contributed by atoms with E-state index in [1.807, 2.05) is 12.5 Å². The van der Waals surface area contributed by atoms with E-state index in [9.17, 15) is 4.39 Å². The highest BCUT2D eigenvalue weighted by Gasteiger charge is 2.21. The topological polar surface area (TPSA) is 38.2 Å². The third-order valence-corrected chi connectivity index (χ3v) is 4.41. The van der Waals surface area contributed by atoms with E-state index >= 15 is 0 Å². The lowest BCUT2D eigenvalue weighted by molar-refractivity contribution is 0.234. The SMILES string of the molecule is COc1cccc(F)c1CN1CCc2nc(SC)ncc2C1. The molecule has 0 spiro atoms. The summed E-state index contributed by atoms with van der Waals surface area (Å²) < 4.78 is 19.3. The summed E-state index contributed by atoms with van der Waals surface area (Å²) in [6, 6.07) is 4.94. The van der Waals surface area contributed by atoms with Crippen molar-refractivity contribution in [2.45, 2.75) is 24.7 Å². The van der Waals surface area contributed by atoms with Crippen LogP contribution in [0.15, 0.2) is 29.6 Å². The summed E-state index contributed by atoms with van der Waals surface area (Å²) in [6.45, 7) is 2.12. The molecule has 0 N–H and O–H groups in total. The first kappa shape index (κ1) is 15.2. The van der Waals surface area contributed by atoms with Gasteiger partial charge in [0.1, 0.15) is 11.6 Å². The predicted octanol–water partition coefficient (Wildman–Crippen LogP) is 2.90. The Kier molecular flexibility index (Phi) is 4.59.